The third kappa shape index (κ3) is 30.2. The molecule has 0 amide bonds. The molecule has 6 aromatic heterocycles. The van der Waals surface area contributed by atoms with Gasteiger partial charge in [-0.1, -0.05) is 131 Å². The predicted octanol–water partition coefficient (Wildman–Crippen LogP) is 12.4. The number of unbranched alkanes of at least 4 members (excludes halogenated alkanes) is 8. The standard InChI is InChI=1S/2C29H44N8.2CHNSe.2CH4O.Fe/c2*1-5-9-21-35(22-10-6-2)27-32-28(36(23-11-7-3)24-12-8-4)34-29(33-27)37(25-17-13-15-19-30-25)26-18-14-16-20-31-26;2*2-1-3;2*1-2;/h2*13-20H,5-12,21-24H2,1-4H3;2*3H;2*2H,1H3;/q;;;;;;+2/p-2. The van der Waals surface area contributed by atoms with Crippen molar-refractivity contribution in [3.8, 4) is 9.94 Å². The van der Waals surface area contributed by atoms with Crippen LogP contribution in [0.5, 0.6) is 0 Å². The van der Waals surface area contributed by atoms with E-state index in [-0.39, 0.29) is 17.1 Å². The van der Waals surface area contributed by atoms with Crippen molar-refractivity contribution in [2.75, 3.05) is 96.0 Å². The molecule has 0 spiro atoms. The van der Waals surface area contributed by atoms with E-state index in [1.54, 1.807) is 34.7 Å². The van der Waals surface area contributed by atoms with Crippen LogP contribution in [0.25, 0.3) is 0 Å². The number of anilines is 10. The summed E-state index contributed by atoms with van der Waals surface area (Å²) in [4.78, 5) is 65.4. The number of hydrogen-bond donors (Lipinski definition) is 2. The van der Waals surface area contributed by atoms with Crippen LogP contribution in [0, 0.1) is 20.5 Å². The molecule has 0 atom stereocenters. The molecule has 23 heteroatoms. The Morgan fingerprint density at radius 2 is 0.494 bits per heavy atom. The van der Waals surface area contributed by atoms with Crippen LogP contribution in [0.3, 0.4) is 0 Å². The molecule has 0 aliphatic rings. The molecule has 466 valence electrons. The Hall–Kier alpha value is -6.12. The minimum Gasteiger partial charge on any atom is 2.00 e. The zero-order valence-electron chi connectivity index (χ0n) is 52.3. The molecule has 6 rings (SSSR count). The van der Waals surface area contributed by atoms with Crippen LogP contribution in [0.15, 0.2) is 97.6 Å². The van der Waals surface area contributed by atoms with Gasteiger partial charge in [0.2, 0.25) is 35.7 Å². The maximum Gasteiger partial charge on any atom is 2.00 e. The van der Waals surface area contributed by atoms with E-state index < -0.39 is 0 Å². The Kier molecular flexibility index (Phi) is 48.5. The largest absolute Gasteiger partial charge is 2.00 e. The number of aliphatic hydroxyl groups excluding tert-OH is 2. The molecule has 2 N–H and O–H groups in total. The van der Waals surface area contributed by atoms with E-state index in [0.717, 1.165) is 216 Å². The van der Waals surface area contributed by atoms with Crippen molar-refractivity contribution >= 4 is 91.0 Å². The van der Waals surface area contributed by atoms with E-state index in [1.165, 1.54) is 0 Å². The van der Waals surface area contributed by atoms with E-state index in [4.69, 9.17) is 50.6 Å². The van der Waals surface area contributed by atoms with Crippen molar-refractivity contribution in [3.05, 3.63) is 97.6 Å². The minimum atomic E-state index is 0. The molecule has 0 fully saturated rings. The summed E-state index contributed by atoms with van der Waals surface area (Å²) in [6, 6.07) is 23.4. The van der Waals surface area contributed by atoms with E-state index in [9.17, 15) is 0 Å². The van der Waals surface area contributed by atoms with Gasteiger partial charge < -0.3 is 29.8 Å². The van der Waals surface area contributed by atoms with Crippen molar-refractivity contribution in [2.45, 2.75) is 158 Å². The first-order valence-electron chi connectivity index (χ1n) is 29.9. The van der Waals surface area contributed by atoms with Crippen molar-refractivity contribution in [1.29, 1.82) is 10.5 Å². The van der Waals surface area contributed by atoms with Gasteiger partial charge in [0, 0.05) is 91.4 Å². The number of aromatic nitrogens is 10. The summed E-state index contributed by atoms with van der Waals surface area (Å²) in [7, 11) is 2.00. The van der Waals surface area contributed by atoms with Crippen LogP contribution < -0.4 is 29.4 Å². The number of nitriles is 2. The summed E-state index contributed by atoms with van der Waals surface area (Å²) in [6.45, 7) is 25.2. The van der Waals surface area contributed by atoms with E-state index >= 15 is 0 Å². The van der Waals surface area contributed by atoms with Gasteiger partial charge in [-0.25, -0.2) is 29.7 Å². The van der Waals surface area contributed by atoms with E-state index in [1.807, 2.05) is 82.6 Å². The molecule has 85 heavy (non-hydrogen) atoms. The van der Waals surface area contributed by atoms with Gasteiger partial charge in [0.1, 0.15) is 23.3 Å². The van der Waals surface area contributed by atoms with Crippen LogP contribution in [-0.2, 0) is 17.1 Å². The second-order valence-electron chi connectivity index (χ2n) is 18.9. The Morgan fingerprint density at radius 1 is 0.329 bits per heavy atom. The normalized spacial score (nSPS) is 9.81. The van der Waals surface area contributed by atoms with Gasteiger partial charge in [0.05, 0.1) is 0 Å². The van der Waals surface area contributed by atoms with E-state index in [0.29, 0.717) is 11.9 Å². The SMILES string of the molecule is CCCCN(CCCC)c1nc(N(CCCC)CCCC)nc(N(c2ccccn2)c2ccccn2)n1.CCCCN(CCCC)c1nc(N(CCCC)CCCC)nc(N(c2ccccn2)c2ccccn2)n1.CO.CO.N#C[Se-].N#C[Se-].[Fe+2]. The fourth-order valence-electron chi connectivity index (χ4n) is 8.08. The van der Waals surface area contributed by atoms with Gasteiger partial charge in [0.15, 0.2) is 0 Å². The summed E-state index contributed by atoms with van der Waals surface area (Å²) in [5.41, 5.74) is 0. The number of nitrogens with zero attached hydrogens (tertiary/aromatic N) is 18. The average molecular weight is 1340 g/mol. The van der Waals surface area contributed by atoms with Crippen LogP contribution in [0.1, 0.15) is 158 Å². The van der Waals surface area contributed by atoms with Crippen LogP contribution >= 0.6 is 0 Å². The van der Waals surface area contributed by atoms with Crippen molar-refractivity contribution in [3.63, 3.8) is 0 Å². The smallest absolute Gasteiger partial charge is 2.00 e. The molecule has 0 aromatic carbocycles. The average Bonchev–Trinajstić information content (AvgIpc) is 3.70. The molecule has 20 nitrogen and oxygen atoms in total. The van der Waals surface area contributed by atoms with Crippen LogP contribution in [-0.4, -0.2) is 159 Å². The maximum atomic E-state index is 7.26. The third-order valence-electron chi connectivity index (χ3n) is 12.5. The number of pyridine rings is 4. The molecule has 0 aliphatic heterocycles. The quantitative estimate of drug-likeness (QED) is 0.0357. The Balaban J connectivity index is 0.00000143. The Morgan fingerprint density at radius 3 is 0.635 bits per heavy atom. The monoisotopic (exact) mass is 1340 g/mol. The van der Waals surface area contributed by atoms with Crippen molar-refractivity contribution < 1.29 is 27.3 Å². The zero-order chi connectivity index (χ0) is 62.0. The molecule has 0 radical (unpaired) electrons. The summed E-state index contributed by atoms with van der Waals surface area (Å²) in [5.74, 6) is 6.94. The summed E-state index contributed by atoms with van der Waals surface area (Å²) < 4.78 is 0. The number of rotatable bonds is 34. The van der Waals surface area contributed by atoms with E-state index in [2.05, 4.69) is 127 Å². The third-order valence-corrected chi connectivity index (χ3v) is 12.5. The van der Waals surface area contributed by atoms with Gasteiger partial charge in [-0.3, -0.25) is 0 Å². The topological polar surface area (TPSA) is 236 Å². The van der Waals surface area contributed by atoms with Gasteiger partial charge in [-0.15, -0.1) is 0 Å². The first-order valence-corrected chi connectivity index (χ1v) is 31.7. The van der Waals surface area contributed by atoms with Gasteiger partial charge in [-0.2, -0.15) is 29.9 Å². The molecular weight excluding hydrogens is 1240 g/mol. The second-order valence-corrected chi connectivity index (χ2v) is 19.6. The Labute approximate surface area is 536 Å². The van der Waals surface area contributed by atoms with Gasteiger partial charge in [0.25, 0.3) is 0 Å². The number of aliphatic hydroxyl groups is 2. The number of hydrogen-bond acceptors (Lipinski definition) is 20. The zero-order valence-corrected chi connectivity index (χ0v) is 56.9. The molecule has 0 unspecified atom stereocenters. The summed E-state index contributed by atoms with van der Waals surface area (Å²) in [6.07, 6.45) is 24.9. The second kappa shape index (κ2) is 52.2. The molecule has 0 saturated carbocycles. The maximum absolute atomic E-state index is 7.26. The van der Waals surface area contributed by atoms with Gasteiger partial charge in [-0.05, 0) is 99.9 Å². The molecule has 6 heterocycles. The first-order chi connectivity index (χ1) is 41.2. The summed E-state index contributed by atoms with van der Waals surface area (Å²) in [5, 5.41) is 28.5. The molecule has 6 aromatic rings. The predicted molar refractivity (Wildman–Crippen MR) is 347 cm³/mol. The first kappa shape index (κ1) is 78.9. The molecule has 0 saturated heterocycles. The van der Waals surface area contributed by atoms with Gasteiger partial charge >= 0.3 is 69.6 Å². The molecule has 0 bridgehead atoms. The minimum absolute atomic E-state index is 0. The molecular formula is C62H96FeN18O2Se2. The Bertz CT molecular complexity index is 2230. The van der Waals surface area contributed by atoms with Crippen LogP contribution in [0.4, 0.5) is 59.0 Å². The fourth-order valence-corrected chi connectivity index (χ4v) is 8.08. The summed E-state index contributed by atoms with van der Waals surface area (Å²) >= 11 is 4.22. The van der Waals surface area contributed by atoms with Crippen molar-refractivity contribution in [1.82, 2.24) is 49.8 Å². The molecule has 0 aliphatic carbocycles. The fraction of sp³-hybridized carbons (Fsp3) is 0.548. The van der Waals surface area contributed by atoms with Crippen molar-refractivity contribution in [2.24, 2.45) is 0 Å². The van der Waals surface area contributed by atoms with Crippen LogP contribution in [0.2, 0.25) is 0 Å².